The van der Waals surface area contributed by atoms with E-state index in [1.165, 1.54) is 6.07 Å². The molecule has 15 heavy (non-hydrogen) atoms. The highest BCUT2D eigenvalue weighted by atomic mass is 16.1. The number of nitrogens with one attached hydrogen (secondary N) is 2. The second kappa shape index (κ2) is 5.50. The van der Waals surface area contributed by atoms with E-state index in [0.29, 0.717) is 11.6 Å². The van der Waals surface area contributed by atoms with Gasteiger partial charge in [-0.3, -0.25) is 4.79 Å². The summed E-state index contributed by atoms with van der Waals surface area (Å²) in [5, 5.41) is 3.12. The summed E-state index contributed by atoms with van der Waals surface area (Å²) in [5.41, 5.74) is -0.113. The molecule has 1 aromatic rings. The molecule has 0 saturated heterocycles. The molecule has 1 aromatic heterocycles. The molecule has 0 aliphatic carbocycles. The number of aromatic nitrogens is 2. The van der Waals surface area contributed by atoms with Gasteiger partial charge in [0, 0.05) is 12.6 Å². The Morgan fingerprint density at radius 3 is 2.87 bits per heavy atom. The number of hydrogen-bond acceptors (Lipinski definition) is 4. The van der Waals surface area contributed by atoms with Crippen LogP contribution >= 0.6 is 0 Å². The summed E-state index contributed by atoms with van der Waals surface area (Å²) in [4.78, 5) is 20.0. The molecule has 1 rings (SSSR count). The van der Waals surface area contributed by atoms with Crippen molar-refractivity contribution in [3.8, 4) is 0 Å². The zero-order valence-electron chi connectivity index (χ0n) is 9.50. The van der Waals surface area contributed by atoms with Crippen molar-refractivity contribution in [2.24, 2.45) is 0 Å². The zero-order chi connectivity index (χ0) is 11.3. The van der Waals surface area contributed by atoms with Gasteiger partial charge in [0.25, 0.3) is 5.56 Å². The lowest BCUT2D eigenvalue weighted by Crippen LogP contribution is -2.18. The molecule has 0 atom stereocenters. The number of aromatic amines is 1. The molecule has 0 aliphatic rings. The maximum absolute atomic E-state index is 11.1. The van der Waals surface area contributed by atoms with Crippen LogP contribution in [-0.4, -0.2) is 42.1 Å². The summed E-state index contributed by atoms with van der Waals surface area (Å²) >= 11 is 0. The first-order valence-corrected chi connectivity index (χ1v) is 5.04. The van der Waals surface area contributed by atoms with Crippen LogP contribution in [0.4, 0.5) is 5.82 Å². The van der Waals surface area contributed by atoms with E-state index in [1.807, 2.05) is 14.1 Å². The van der Waals surface area contributed by atoms with Gasteiger partial charge in [-0.2, -0.15) is 0 Å². The molecule has 84 valence electrons. The highest BCUT2D eigenvalue weighted by Crippen LogP contribution is 1.97. The molecular formula is C10H18N4O. The minimum atomic E-state index is -0.113. The molecule has 0 bridgehead atoms. The largest absolute Gasteiger partial charge is 0.370 e. The van der Waals surface area contributed by atoms with Gasteiger partial charge in [0.05, 0.1) is 0 Å². The fourth-order valence-electron chi connectivity index (χ4n) is 1.28. The topological polar surface area (TPSA) is 61.0 Å². The average Bonchev–Trinajstić information content (AvgIpc) is 2.10. The second-order valence-electron chi connectivity index (χ2n) is 3.80. The third-order valence-electron chi connectivity index (χ3n) is 1.95. The first kappa shape index (κ1) is 11.7. The number of nitrogens with zero attached hydrogens (tertiary/aromatic N) is 2. The van der Waals surface area contributed by atoms with Crippen molar-refractivity contribution >= 4 is 5.82 Å². The third-order valence-corrected chi connectivity index (χ3v) is 1.95. The Balaban J connectivity index is 2.40. The molecule has 0 spiro atoms. The minimum Gasteiger partial charge on any atom is -0.370 e. The fourth-order valence-corrected chi connectivity index (χ4v) is 1.28. The number of anilines is 1. The van der Waals surface area contributed by atoms with E-state index in [-0.39, 0.29) is 5.56 Å². The van der Waals surface area contributed by atoms with Crippen molar-refractivity contribution in [1.29, 1.82) is 0 Å². The van der Waals surface area contributed by atoms with Crippen LogP contribution in [0.3, 0.4) is 0 Å². The summed E-state index contributed by atoms with van der Waals surface area (Å²) < 4.78 is 0. The number of aryl methyl sites for hydroxylation is 1. The Bertz CT molecular complexity index is 359. The van der Waals surface area contributed by atoms with Gasteiger partial charge in [0.1, 0.15) is 11.6 Å². The van der Waals surface area contributed by atoms with Gasteiger partial charge in [-0.15, -0.1) is 0 Å². The predicted molar refractivity (Wildman–Crippen MR) is 61.3 cm³/mol. The van der Waals surface area contributed by atoms with Gasteiger partial charge >= 0.3 is 0 Å². The van der Waals surface area contributed by atoms with E-state index in [9.17, 15) is 4.79 Å². The van der Waals surface area contributed by atoms with Crippen LogP contribution in [0.5, 0.6) is 0 Å². The molecular weight excluding hydrogens is 192 g/mol. The van der Waals surface area contributed by atoms with Crippen molar-refractivity contribution in [1.82, 2.24) is 14.9 Å². The van der Waals surface area contributed by atoms with Gasteiger partial charge in [-0.25, -0.2) is 4.98 Å². The van der Waals surface area contributed by atoms with E-state index in [1.54, 1.807) is 6.92 Å². The predicted octanol–water partition coefficient (Wildman–Crippen LogP) is 0.442. The van der Waals surface area contributed by atoms with Gasteiger partial charge < -0.3 is 15.2 Å². The van der Waals surface area contributed by atoms with Crippen molar-refractivity contribution in [2.45, 2.75) is 13.3 Å². The van der Waals surface area contributed by atoms with Gasteiger partial charge in [0.15, 0.2) is 0 Å². The van der Waals surface area contributed by atoms with Crippen molar-refractivity contribution < 1.29 is 0 Å². The minimum absolute atomic E-state index is 0.113. The standard InChI is InChI=1S/C10H18N4O/c1-8-12-9(7-10(15)13-8)11-5-4-6-14(2)3/h7H,4-6H2,1-3H3,(H2,11,12,13,15). The highest BCUT2D eigenvalue weighted by molar-refractivity contribution is 5.32. The van der Waals surface area contributed by atoms with Gasteiger partial charge in [0.2, 0.25) is 0 Å². The smallest absolute Gasteiger partial charge is 0.252 e. The van der Waals surface area contributed by atoms with Crippen LogP contribution in [-0.2, 0) is 0 Å². The molecule has 0 aliphatic heterocycles. The Morgan fingerprint density at radius 2 is 2.27 bits per heavy atom. The first-order chi connectivity index (χ1) is 7.08. The molecule has 1 heterocycles. The third kappa shape index (κ3) is 4.60. The molecule has 0 saturated carbocycles. The lowest BCUT2D eigenvalue weighted by atomic mass is 10.4. The molecule has 2 N–H and O–H groups in total. The van der Waals surface area contributed by atoms with Crippen LogP contribution in [0.25, 0.3) is 0 Å². The second-order valence-corrected chi connectivity index (χ2v) is 3.80. The molecule has 0 amide bonds. The fraction of sp³-hybridized carbons (Fsp3) is 0.600. The maximum Gasteiger partial charge on any atom is 0.252 e. The Morgan fingerprint density at radius 1 is 1.53 bits per heavy atom. The van der Waals surface area contributed by atoms with Crippen LogP contribution in [0.15, 0.2) is 10.9 Å². The lowest BCUT2D eigenvalue weighted by Gasteiger charge is -2.10. The average molecular weight is 210 g/mol. The zero-order valence-corrected chi connectivity index (χ0v) is 9.50. The van der Waals surface area contributed by atoms with Crippen LogP contribution in [0.2, 0.25) is 0 Å². The summed E-state index contributed by atoms with van der Waals surface area (Å²) in [6.07, 6.45) is 1.03. The van der Waals surface area contributed by atoms with Crippen molar-refractivity contribution in [2.75, 3.05) is 32.5 Å². The van der Waals surface area contributed by atoms with Crippen molar-refractivity contribution in [3.05, 3.63) is 22.2 Å². The van der Waals surface area contributed by atoms with E-state index < -0.39 is 0 Å². The molecule has 0 fully saturated rings. The summed E-state index contributed by atoms with van der Waals surface area (Å²) in [7, 11) is 4.07. The number of H-pyrrole nitrogens is 1. The normalized spacial score (nSPS) is 10.7. The summed E-state index contributed by atoms with van der Waals surface area (Å²) in [6, 6.07) is 1.47. The molecule has 0 aromatic carbocycles. The van der Waals surface area contributed by atoms with Gasteiger partial charge in [-0.1, -0.05) is 0 Å². The van der Waals surface area contributed by atoms with E-state index in [2.05, 4.69) is 20.2 Å². The van der Waals surface area contributed by atoms with E-state index >= 15 is 0 Å². The first-order valence-electron chi connectivity index (χ1n) is 5.04. The monoisotopic (exact) mass is 210 g/mol. The molecule has 5 heteroatoms. The Kier molecular flexibility index (Phi) is 4.30. The Hall–Kier alpha value is -1.36. The van der Waals surface area contributed by atoms with E-state index in [0.717, 1.165) is 19.5 Å². The van der Waals surface area contributed by atoms with Crippen molar-refractivity contribution in [3.63, 3.8) is 0 Å². The van der Waals surface area contributed by atoms with Crippen LogP contribution < -0.4 is 10.9 Å². The molecule has 0 unspecified atom stereocenters. The summed E-state index contributed by atoms with van der Waals surface area (Å²) in [6.45, 7) is 3.62. The number of hydrogen-bond donors (Lipinski definition) is 2. The van der Waals surface area contributed by atoms with E-state index in [4.69, 9.17) is 0 Å². The maximum atomic E-state index is 11.1. The van der Waals surface area contributed by atoms with Crippen LogP contribution in [0, 0.1) is 6.92 Å². The Labute approximate surface area is 89.5 Å². The van der Waals surface area contributed by atoms with Crippen LogP contribution in [0.1, 0.15) is 12.2 Å². The number of rotatable bonds is 5. The molecule has 0 radical (unpaired) electrons. The summed E-state index contributed by atoms with van der Waals surface area (Å²) in [5.74, 6) is 1.28. The SMILES string of the molecule is Cc1nc(NCCCN(C)C)cc(=O)[nH]1. The highest BCUT2D eigenvalue weighted by Gasteiger charge is 1.97. The molecule has 5 nitrogen and oxygen atoms in total. The quantitative estimate of drug-likeness (QED) is 0.692. The van der Waals surface area contributed by atoms with Gasteiger partial charge in [-0.05, 0) is 34.0 Å². The lowest BCUT2D eigenvalue weighted by molar-refractivity contribution is 0.405.